The van der Waals surface area contributed by atoms with E-state index in [1.165, 1.54) is 0 Å². The number of hydrogen-bond acceptors (Lipinski definition) is 9. The monoisotopic (exact) mass is 295 g/mol. The lowest BCUT2D eigenvalue weighted by atomic mass is 9.90. The van der Waals surface area contributed by atoms with Crippen LogP contribution in [-0.2, 0) is 18.9 Å². The van der Waals surface area contributed by atoms with Gasteiger partial charge >= 0.3 is 1.43 Å². The molecule has 3 fully saturated rings. The first-order valence-corrected chi connectivity index (χ1v) is 6.09. The molecule has 10 heteroatoms. The standard InChI is InChI=1S/C10H16O6.NO3/c11-6-3-15-9-8(6)16-5-10(9,12)7-4-13-1-2-14-7;2-1(3)4/h6-9,11-12H,1-5H2;/q;-1/p+1/t6-,7?,8-,9+,10+;/m1./s1. The van der Waals surface area contributed by atoms with Crippen molar-refractivity contribution < 1.29 is 35.7 Å². The Labute approximate surface area is 115 Å². The quantitative estimate of drug-likeness (QED) is 0.421. The Kier molecular flexibility index (Phi) is 4.73. The van der Waals surface area contributed by atoms with Crippen molar-refractivity contribution in [1.29, 1.82) is 0 Å². The largest absolute Gasteiger partial charge is 1.00 e. The van der Waals surface area contributed by atoms with Crippen molar-refractivity contribution >= 4 is 0 Å². The fourth-order valence-corrected chi connectivity index (χ4v) is 2.59. The molecule has 5 atom stereocenters. The second kappa shape index (κ2) is 6.16. The topological polar surface area (TPSA) is 144 Å². The number of hydrogen-bond donors (Lipinski definition) is 2. The first-order chi connectivity index (χ1) is 9.45. The molecule has 0 saturated carbocycles. The van der Waals surface area contributed by atoms with E-state index in [0.717, 1.165) is 0 Å². The highest BCUT2D eigenvalue weighted by Gasteiger charge is 2.60. The molecule has 3 aliphatic rings. The van der Waals surface area contributed by atoms with Crippen molar-refractivity contribution in [2.24, 2.45) is 0 Å². The summed E-state index contributed by atoms with van der Waals surface area (Å²) < 4.78 is 21.6. The summed E-state index contributed by atoms with van der Waals surface area (Å²) in [7, 11) is 0. The van der Waals surface area contributed by atoms with Gasteiger partial charge in [0.1, 0.15) is 30.0 Å². The van der Waals surface area contributed by atoms with Crippen molar-refractivity contribution in [1.82, 2.24) is 0 Å². The third kappa shape index (κ3) is 3.00. The highest BCUT2D eigenvalue weighted by Crippen LogP contribution is 2.37. The van der Waals surface area contributed by atoms with Crippen LogP contribution in [0.2, 0.25) is 0 Å². The van der Waals surface area contributed by atoms with E-state index in [1.54, 1.807) is 0 Å². The van der Waals surface area contributed by atoms with Crippen LogP contribution in [0.3, 0.4) is 0 Å². The van der Waals surface area contributed by atoms with Crippen LogP contribution < -0.4 is 0 Å². The third-order valence-corrected chi connectivity index (χ3v) is 3.50. The SMILES string of the molecule is O=[N+]([O-])[O-].O[C@@H]1CO[C@H]2[C@@H]1OC[C@]2(O)C1COCCO1.[H+]. The van der Waals surface area contributed by atoms with Gasteiger partial charge in [0.25, 0.3) is 0 Å². The van der Waals surface area contributed by atoms with Crippen molar-refractivity contribution in [2.75, 3.05) is 33.0 Å². The number of nitrogens with zero attached hydrogens (tertiary/aromatic N) is 1. The molecular weight excluding hydrogens is 278 g/mol. The van der Waals surface area contributed by atoms with Crippen LogP contribution in [0.4, 0.5) is 0 Å². The van der Waals surface area contributed by atoms with Crippen molar-refractivity contribution in [3.8, 4) is 0 Å². The van der Waals surface area contributed by atoms with Crippen LogP contribution >= 0.6 is 0 Å². The molecule has 3 saturated heterocycles. The maximum absolute atomic E-state index is 10.5. The molecule has 2 N–H and O–H groups in total. The lowest BCUT2D eigenvalue weighted by Gasteiger charge is -2.36. The molecule has 0 aromatic rings. The second-order valence-electron chi connectivity index (χ2n) is 4.75. The van der Waals surface area contributed by atoms with Gasteiger partial charge in [0.2, 0.25) is 0 Å². The Morgan fingerprint density at radius 1 is 1.20 bits per heavy atom. The van der Waals surface area contributed by atoms with Gasteiger partial charge in [-0.25, -0.2) is 0 Å². The summed E-state index contributed by atoms with van der Waals surface area (Å²) in [4.78, 5) is 8.25. The lowest BCUT2D eigenvalue weighted by Crippen LogP contribution is -2.57. The first kappa shape index (κ1) is 15.4. The zero-order valence-electron chi connectivity index (χ0n) is 11.5. The van der Waals surface area contributed by atoms with Crippen LogP contribution in [0.25, 0.3) is 0 Å². The summed E-state index contributed by atoms with van der Waals surface area (Å²) in [6.45, 7) is 1.67. The van der Waals surface area contributed by atoms with Crippen LogP contribution in [0.5, 0.6) is 0 Å². The molecule has 0 bridgehead atoms. The van der Waals surface area contributed by atoms with E-state index in [2.05, 4.69) is 0 Å². The maximum Gasteiger partial charge on any atom is 1.00 e. The van der Waals surface area contributed by atoms with Gasteiger partial charge in [0.05, 0.1) is 38.1 Å². The predicted octanol–water partition coefficient (Wildman–Crippen LogP) is -1.84. The Bertz CT molecular complexity index is 349. The van der Waals surface area contributed by atoms with Gasteiger partial charge in [-0.05, 0) is 0 Å². The van der Waals surface area contributed by atoms with Gasteiger partial charge in [-0.2, -0.15) is 0 Å². The van der Waals surface area contributed by atoms with E-state index >= 15 is 0 Å². The molecule has 20 heavy (non-hydrogen) atoms. The van der Waals surface area contributed by atoms with E-state index in [0.29, 0.717) is 19.8 Å². The minimum atomic E-state index is -1.75. The number of rotatable bonds is 1. The minimum absolute atomic E-state index is 0. The highest BCUT2D eigenvalue weighted by molar-refractivity contribution is 5.08. The van der Waals surface area contributed by atoms with Crippen molar-refractivity contribution in [2.45, 2.75) is 30.0 Å². The fraction of sp³-hybridized carbons (Fsp3) is 1.00. The summed E-state index contributed by atoms with van der Waals surface area (Å²) in [5.74, 6) is 0. The average molecular weight is 295 g/mol. The number of ether oxygens (including phenoxy) is 4. The number of aliphatic hydroxyl groups is 2. The normalized spacial score (nSPS) is 43.5. The fourth-order valence-electron chi connectivity index (χ4n) is 2.59. The molecule has 0 radical (unpaired) electrons. The summed E-state index contributed by atoms with van der Waals surface area (Å²) in [6.07, 6.45) is -2.07. The van der Waals surface area contributed by atoms with Crippen molar-refractivity contribution in [3.05, 3.63) is 15.3 Å². The molecule has 0 aromatic carbocycles. The Hall–Kier alpha value is -1.04. The van der Waals surface area contributed by atoms with E-state index in [4.69, 9.17) is 34.3 Å². The van der Waals surface area contributed by atoms with Crippen LogP contribution in [-0.4, -0.2) is 78.4 Å². The first-order valence-electron chi connectivity index (χ1n) is 6.09. The van der Waals surface area contributed by atoms with Gasteiger partial charge in [-0.1, -0.05) is 0 Å². The zero-order chi connectivity index (χ0) is 14.8. The van der Waals surface area contributed by atoms with Crippen LogP contribution in [0.15, 0.2) is 0 Å². The second-order valence-corrected chi connectivity index (χ2v) is 4.75. The molecule has 0 spiro atoms. The van der Waals surface area contributed by atoms with E-state index in [1.807, 2.05) is 0 Å². The number of aliphatic hydroxyl groups excluding tert-OH is 1. The van der Waals surface area contributed by atoms with Gasteiger partial charge in [-0.3, -0.25) is 0 Å². The molecule has 1 unspecified atom stereocenters. The number of fused-ring (bicyclic) bond motifs is 1. The minimum Gasteiger partial charge on any atom is -0.388 e. The molecular formula is C10H17NO9. The van der Waals surface area contributed by atoms with Crippen molar-refractivity contribution in [3.63, 3.8) is 0 Å². The predicted molar refractivity (Wildman–Crippen MR) is 62.5 cm³/mol. The van der Waals surface area contributed by atoms with Gasteiger partial charge in [0, 0.05) is 0 Å². The molecule has 0 aliphatic carbocycles. The molecule has 3 aliphatic heterocycles. The lowest BCUT2D eigenvalue weighted by molar-refractivity contribution is -0.402. The van der Waals surface area contributed by atoms with Gasteiger partial charge in [-0.15, -0.1) is 0 Å². The van der Waals surface area contributed by atoms with Crippen LogP contribution in [0.1, 0.15) is 1.43 Å². The summed E-state index contributed by atoms with van der Waals surface area (Å²) in [6, 6.07) is 0. The molecule has 116 valence electrons. The summed E-state index contributed by atoms with van der Waals surface area (Å²) in [5, 5.41) is 34.9. The molecule has 0 amide bonds. The molecule has 10 nitrogen and oxygen atoms in total. The Balaban J connectivity index is 0.000000397. The summed E-state index contributed by atoms with van der Waals surface area (Å²) in [5.41, 5.74) is -1.21. The molecule has 3 rings (SSSR count). The molecule has 3 heterocycles. The van der Waals surface area contributed by atoms with Gasteiger partial charge in [0.15, 0.2) is 0 Å². The molecule has 0 aromatic heterocycles. The van der Waals surface area contributed by atoms with E-state index < -0.39 is 35.1 Å². The van der Waals surface area contributed by atoms with Gasteiger partial charge < -0.3 is 44.5 Å². The smallest absolute Gasteiger partial charge is 0.388 e. The van der Waals surface area contributed by atoms with E-state index in [9.17, 15) is 10.2 Å². The Morgan fingerprint density at radius 3 is 2.50 bits per heavy atom. The Morgan fingerprint density at radius 2 is 1.90 bits per heavy atom. The highest BCUT2D eigenvalue weighted by atomic mass is 16.9. The third-order valence-electron chi connectivity index (χ3n) is 3.50. The summed E-state index contributed by atoms with van der Waals surface area (Å²) >= 11 is 0. The van der Waals surface area contributed by atoms with E-state index in [-0.39, 0.29) is 14.6 Å². The zero-order valence-corrected chi connectivity index (χ0v) is 10.5. The van der Waals surface area contributed by atoms with Crippen LogP contribution in [0, 0.1) is 15.3 Å². The maximum atomic E-state index is 10.5. The average Bonchev–Trinajstić information content (AvgIpc) is 2.94.